The highest BCUT2D eigenvalue weighted by atomic mass is 32.1. The maximum atomic E-state index is 6.65. The highest BCUT2D eigenvalue weighted by Gasteiger charge is 2.42. The summed E-state index contributed by atoms with van der Waals surface area (Å²) in [5.74, 6) is 0.535. The van der Waals surface area contributed by atoms with E-state index in [-0.39, 0.29) is 0 Å². The number of thiazole rings is 1. The molecule has 1 aliphatic carbocycles. The highest BCUT2D eigenvalue weighted by Crippen LogP contribution is 2.44. The second-order valence-electron chi connectivity index (χ2n) is 7.28. The Hall–Kier alpha value is -0.193. The molecule has 0 spiro atoms. The van der Waals surface area contributed by atoms with Gasteiger partial charge in [-0.15, -0.1) is 11.3 Å². The first-order chi connectivity index (χ1) is 8.71. The Labute approximate surface area is 122 Å². The van der Waals surface area contributed by atoms with Gasteiger partial charge in [-0.1, -0.05) is 27.2 Å². The molecule has 0 amide bonds. The quantitative estimate of drug-likeness (QED) is 0.723. The minimum absolute atomic E-state index is 0.291. The third kappa shape index (κ3) is 3.28. The summed E-state index contributed by atoms with van der Waals surface area (Å²) < 4.78 is 6.65. The monoisotopic (exact) mass is 297 g/mol. The third-order valence-electron chi connectivity index (χ3n) is 4.66. The van der Waals surface area contributed by atoms with E-state index < -0.39 is 8.32 Å². The summed E-state index contributed by atoms with van der Waals surface area (Å²) in [4.78, 5) is 4.69. The van der Waals surface area contributed by atoms with Crippen LogP contribution in [0.1, 0.15) is 56.7 Å². The van der Waals surface area contributed by atoms with Gasteiger partial charge in [0.15, 0.2) is 8.32 Å². The van der Waals surface area contributed by atoms with Gasteiger partial charge < -0.3 is 4.43 Å². The van der Waals surface area contributed by atoms with Crippen molar-refractivity contribution in [3.05, 3.63) is 16.1 Å². The number of aryl methyl sites for hydroxylation is 1. The molecule has 1 aliphatic rings. The van der Waals surface area contributed by atoms with Crippen LogP contribution in [0.15, 0.2) is 5.38 Å². The van der Waals surface area contributed by atoms with Crippen LogP contribution in [0, 0.1) is 6.92 Å². The van der Waals surface area contributed by atoms with Crippen molar-refractivity contribution in [2.45, 2.75) is 77.1 Å². The Morgan fingerprint density at radius 3 is 2.53 bits per heavy atom. The van der Waals surface area contributed by atoms with E-state index >= 15 is 0 Å². The lowest BCUT2D eigenvalue weighted by Gasteiger charge is -2.39. The van der Waals surface area contributed by atoms with Crippen LogP contribution in [0.2, 0.25) is 18.1 Å². The predicted octanol–water partition coefficient (Wildman–Crippen LogP) is 5.11. The lowest BCUT2D eigenvalue weighted by Crippen LogP contribution is -2.44. The second kappa shape index (κ2) is 5.30. The Kier molecular flexibility index (Phi) is 4.24. The number of hydrogen-bond donors (Lipinski definition) is 0. The van der Waals surface area contributed by atoms with Gasteiger partial charge in [0.2, 0.25) is 0 Å². The summed E-state index contributed by atoms with van der Waals surface area (Å²) in [6.45, 7) is 13.7. The zero-order valence-corrected chi connectivity index (χ0v) is 14.9. The van der Waals surface area contributed by atoms with Crippen molar-refractivity contribution in [1.82, 2.24) is 4.98 Å². The number of rotatable bonds is 3. The maximum Gasteiger partial charge on any atom is 0.192 e. The Morgan fingerprint density at radius 2 is 2.00 bits per heavy atom. The van der Waals surface area contributed by atoms with Crippen molar-refractivity contribution in [3.63, 3.8) is 0 Å². The van der Waals surface area contributed by atoms with Crippen LogP contribution < -0.4 is 0 Å². The molecule has 1 fully saturated rings. The van der Waals surface area contributed by atoms with E-state index in [1.165, 1.54) is 24.3 Å². The van der Waals surface area contributed by atoms with Gasteiger partial charge in [0.05, 0.1) is 11.1 Å². The zero-order chi connectivity index (χ0) is 14.3. The molecule has 1 aromatic heterocycles. The molecule has 0 aliphatic heterocycles. The first-order valence-corrected chi connectivity index (χ1v) is 11.1. The average molecular weight is 298 g/mol. The van der Waals surface area contributed by atoms with E-state index in [9.17, 15) is 0 Å². The van der Waals surface area contributed by atoms with Crippen LogP contribution in [-0.2, 0) is 4.43 Å². The van der Waals surface area contributed by atoms with Gasteiger partial charge in [-0.25, -0.2) is 4.98 Å². The summed E-state index contributed by atoms with van der Waals surface area (Å²) in [6, 6.07) is 0. The van der Waals surface area contributed by atoms with E-state index in [0.717, 1.165) is 5.69 Å². The molecule has 1 heterocycles. The van der Waals surface area contributed by atoms with Gasteiger partial charge in [-0.3, -0.25) is 0 Å². The van der Waals surface area contributed by atoms with E-state index in [2.05, 4.69) is 51.2 Å². The SMILES string of the molecule is Cc1csc(C2CCCC2O[Si](C)(C)C(C)(C)C)n1. The summed E-state index contributed by atoms with van der Waals surface area (Å²) in [5, 5.41) is 3.74. The number of nitrogens with zero attached hydrogens (tertiary/aromatic N) is 1. The minimum Gasteiger partial charge on any atom is -0.413 e. The van der Waals surface area contributed by atoms with E-state index in [4.69, 9.17) is 4.43 Å². The van der Waals surface area contributed by atoms with Gasteiger partial charge in [0, 0.05) is 17.0 Å². The molecule has 0 radical (unpaired) electrons. The van der Waals surface area contributed by atoms with Crippen LogP contribution in [0.3, 0.4) is 0 Å². The van der Waals surface area contributed by atoms with Crippen molar-refractivity contribution in [3.8, 4) is 0 Å². The van der Waals surface area contributed by atoms with Gasteiger partial charge in [0.25, 0.3) is 0 Å². The van der Waals surface area contributed by atoms with Crippen LogP contribution in [0.4, 0.5) is 0 Å². The van der Waals surface area contributed by atoms with Gasteiger partial charge in [-0.2, -0.15) is 0 Å². The molecule has 108 valence electrons. The molecule has 0 bridgehead atoms. The molecule has 1 aromatic rings. The van der Waals surface area contributed by atoms with Crippen LogP contribution in [0.5, 0.6) is 0 Å². The topological polar surface area (TPSA) is 22.1 Å². The second-order valence-corrected chi connectivity index (χ2v) is 12.9. The minimum atomic E-state index is -1.66. The first kappa shape index (κ1) is 15.2. The normalized spacial score (nSPS) is 24.9. The van der Waals surface area contributed by atoms with E-state index in [1.54, 1.807) is 0 Å². The molecule has 4 heteroatoms. The molecule has 2 rings (SSSR count). The van der Waals surface area contributed by atoms with E-state index in [1.807, 2.05) is 11.3 Å². The fourth-order valence-electron chi connectivity index (χ4n) is 2.45. The zero-order valence-electron chi connectivity index (χ0n) is 13.1. The molecule has 19 heavy (non-hydrogen) atoms. The van der Waals surface area contributed by atoms with Crippen molar-refractivity contribution in [2.24, 2.45) is 0 Å². The Bertz CT molecular complexity index is 436. The summed E-state index contributed by atoms with van der Waals surface area (Å²) in [5.41, 5.74) is 1.15. The van der Waals surface area contributed by atoms with Gasteiger partial charge >= 0.3 is 0 Å². The molecule has 0 saturated heterocycles. The molecular weight excluding hydrogens is 270 g/mol. The number of aromatic nitrogens is 1. The molecule has 2 atom stereocenters. The molecule has 2 nitrogen and oxygen atoms in total. The molecule has 0 aromatic carbocycles. The lowest BCUT2D eigenvalue weighted by atomic mass is 10.1. The molecule has 2 unspecified atom stereocenters. The number of hydrogen-bond acceptors (Lipinski definition) is 3. The van der Waals surface area contributed by atoms with Crippen LogP contribution >= 0.6 is 11.3 Å². The van der Waals surface area contributed by atoms with Crippen molar-refractivity contribution < 1.29 is 4.43 Å². The third-order valence-corrected chi connectivity index (χ3v) is 10.3. The van der Waals surface area contributed by atoms with Gasteiger partial charge in [-0.05, 0) is 37.9 Å². The van der Waals surface area contributed by atoms with E-state index in [0.29, 0.717) is 17.1 Å². The van der Waals surface area contributed by atoms with Gasteiger partial charge in [0.1, 0.15) is 0 Å². The summed E-state index contributed by atoms with van der Waals surface area (Å²) in [7, 11) is -1.66. The molecular formula is C15H27NOSSi. The largest absolute Gasteiger partial charge is 0.413 e. The summed E-state index contributed by atoms with van der Waals surface area (Å²) in [6.07, 6.45) is 4.12. The predicted molar refractivity (Wildman–Crippen MR) is 85.5 cm³/mol. The lowest BCUT2D eigenvalue weighted by molar-refractivity contribution is 0.170. The first-order valence-electron chi connectivity index (χ1n) is 7.30. The van der Waals surface area contributed by atoms with Crippen molar-refractivity contribution in [1.29, 1.82) is 0 Å². The van der Waals surface area contributed by atoms with Crippen LogP contribution in [-0.4, -0.2) is 19.4 Å². The Morgan fingerprint density at radius 1 is 1.32 bits per heavy atom. The summed E-state index contributed by atoms with van der Waals surface area (Å²) >= 11 is 1.81. The average Bonchev–Trinajstić information content (AvgIpc) is 2.84. The fourth-order valence-corrected chi connectivity index (χ4v) is 4.82. The molecule has 1 saturated carbocycles. The Balaban J connectivity index is 2.12. The van der Waals surface area contributed by atoms with Crippen LogP contribution in [0.25, 0.3) is 0 Å². The maximum absolute atomic E-state index is 6.65. The van der Waals surface area contributed by atoms with Crippen molar-refractivity contribution in [2.75, 3.05) is 0 Å². The van der Waals surface area contributed by atoms with Crippen molar-refractivity contribution >= 4 is 19.7 Å². The smallest absolute Gasteiger partial charge is 0.192 e. The standard InChI is InChI=1S/C15H27NOSSi/c1-11-10-18-14(16-11)12-8-7-9-13(12)17-19(5,6)15(2,3)4/h10,12-13H,7-9H2,1-6H3. The molecule has 0 N–H and O–H groups in total. The fraction of sp³-hybridized carbons (Fsp3) is 0.800. The highest BCUT2D eigenvalue weighted by molar-refractivity contribution is 7.09.